The van der Waals surface area contributed by atoms with Crippen LogP contribution in [0.5, 0.6) is 5.75 Å². The van der Waals surface area contributed by atoms with E-state index in [2.05, 4.69) is 0 Å². The van der Waals surface area contributed by atoms with Gasteiger partial charge in [0.2, 0.25) is 0 Å². The van der Waals surface area contributed by atoms with Crippen molar-refractivity contribution in [2.45, 2.75) is 5.75 Å². The van der Waals surface area contributed by atoms with Crippen molar-refractivity contribution in [1.29, 1.82) is 5.26 Å². The Morgan fingerprint density at radius 1 is 1.18 bits per heavy atom. The third kappa shape index (κ3) is 3.84. The predicted molar refractivity (Wildman–Crippen MR) is 79.4 cm³/mol. The molecule has 0 heterocycles. The first-order chi connectivity index (χ1) is 10.4. The van der Waals surface area contributed by atoms with Gasteiger partial charge < -0.3 is 9.92 Å². The zero-order valence-electron chi connectivity index (χ0n) is 11.4. The normalized spacial score (nSPS) is 10.7. The van der Waals surface area contributed by atoms with Gasteiger partial charge in [-0.2, -0.15) is 13.7 Å². The number of nitrogens with two attached hydrogens (primary N) is 1. The van der Waals surface area contributed by atoms with Crippen LogP contribution in [0.1, 0.15) is 21.5 Å². The first-order valence-corrected chi connectivity index (χ1v) is 7.79. The summed E-state index contributed by atoms with van der Waals surface area (Å²) in [7, 11) is -3.99. The van der Waals surface area contributed by atoms with Crippen LogP contribution in [0.4, 0.5) is 0 Å². The molecule has 0 radical (unpaired) electrons. The molecular formula is C15H12N2O4S. The Hall–Kier alpha value is -2.85. The molecule has 2 N–H and O–H groups in total. The van der Waals surface area contributed by atoms with Crippen molar-refractivity contribution >= 4 is 16.0 Å². The SMILES string of the molecule is N#Cc1cccc(CS(=O)(=O)Oc2ccccc2C(N)=O)c1. The lowest BCUT2D eigenvalue weighted by molar-refractivity contribution is 0.0999. The molecule has 7 heteroatoms. The Morgan fingerprint density at radius 3 is 2.59 bits per heavy atom. The molecule has 2 aromatic carbocycles. The second kappa shape index (κ2) is 6.28. The molecule has 0 aliphatic carbocycles. The molecular weight excluding hydrogens is 304 g/mol. The molecule has 0 aliphatic rings. The molecule has 0 aliphatic heterocycles. The lowest BCUT2D eigenvalue weighted by Gasteiger charge is -2.09. The maximum Gasteiger partial charge on any atom is 0.313 e. The first-order valence-electron chi connectivity index (χ1n) is 6.21. The standard InChI is InChI=1S/C15H12N2O4S/c16-9-11-4-3-5-12(8-11)10-22(19,20)21-14-7-2-1-6-13(14)15(17)18/h1-8H,10H2,(H2,17,18). The highest BCUT2D eigenvalue weighted by molar-refractivity contribution is 7.86. The smallest absolute Gasteiger partial charge is 0.313 e. The number of carbonyl (C=O) groups excluding carboxylic acids is 1. The van der Waals surface area contributed by atoms with E-state index < -0.39 is 21.8 Å². The van der Waals surface area contributed by atoms with E-state index in [1.807, 2.05) is 6.07 Å². The summed E-state index contributed by atoms with van der Waals surface area (Å²) in [5.41, 5.74) is 5.92. The fraction of sp³-hybridized carbons (Fsp3) is 0.0667. The molecule has 0 bridgehead atoms. The van der Waals surface area contributed by atoms with Gasteiger partial charge in [-0.3, -0.25) is 4.79 Å². The second-order valence-corrected chi connectivity index (χ2v) is 6.03. The number of primary amides is 1. The molecule has 0 unspecified atom stereocenters. The van der Waals surface area contributed by atoms with E-state index in [0.29, 0.717) is 11.1 Å². The average Bonchev–Trinajstić information content (AvgIpc) is 2.46. The lowest BCUT2D eigenvalue weighted by Crippen LogP contribution is -2.17. The Bertz CT molecular complexity index is 854. The van der Waals surface area contributed by atoms with E-state index in [1.54, 1.807) is 24.3 Å². The lowest BCUT2D eigenvalue weighted by atomic mass is 10.2. The van der Waals surface area contributed by atoms with Crippen LogP contribution in [0.2, 0.25) is 0 Å². The minimum atomic E-state index is -3.99. The molecule has 0 saturated carbocycles. The summed E-state index contributed by atoms with van der Waals surface area (Å²) in [5.74, 6) is -1.32. The second-order valence-electron chi connectivity index (χ2n) is 4.46. The van der Waals surface area contributed by atoms with Crippen LogP contribution in [0, 0.1) is 11.3 Å². The van der Waals surface area contributed by atoms with Crippen LogP contribution in [0.3, 0.4) is 0 Å². The molecule has 112 valence electrons. The van der Waals surface area contributed by atoms with Crippen LogP contribution in [0.25, 0.3) is 0 Å². The Kier molecular flexibility index (Phi) is 4.44. The van der Waals surface area contributed by atoms with Gasteiger partial charge in [-0.15, -0.1) is 0 Å². The Labute approximate surface area is 127 Å². The van der Waals surface area contributed by atoms with Crippen molar-refractivity contribution in [2.75, 3.05) is 0 Å². The highest BCUT2D eigenvalue weighted by atomic mass is 32.2. The van der Waals surface area contributed by atoms with Crippen molar-refractivity contribution < 1.29 is 17.4 Å². The minimum absolute atomic E-state index is 0.0168. The van der Waals surface area contributed by atoms with Gasteiger partial charge in [0.15, 0.2) is 5.75 Å². The average molecular weight is 316 g/mol. The van der Waals surface area contributed by atoms with E-state index in [9.17, 15) is 13.2 Å². The van der Waals surface area contributed by atoms with Gasteiger partial charge in [-0.25, -0.2) is 0 Å². The summed E-state index contributed by atoms with van der Waals surface area (Å²) in [6.45, 7) is 0. The molecule has 6 nitrogen and oxygen atoms in total. The molecule has 2 aromatic rings. The zero-order valence-corrected chi connectivity index (χ0v) is 12.2. The third-order valence-electron chi connectivity index (χ3n) is 2.77. The van der Waals surface area contributed by atoms with E-state index >= 15 is 0 Å². The molecule has 22 heavy (non-hydrogen) atoms. The fourth-order valence-electron chi connectivity index (χ4n) is 1.84. The van der Waals surface area contributed by atoms with Crippen molar-refractivity contribution in [3.05, 3.63) is 65.2 Å². The van der Waals surface area contributed by atoms with Crippen molar-refractivity contribution in [3.8, 4) is 11.8 Å². The number of amides is 1. The van der Waals surface area contributed by atoms with E-state index in [0.717, 1.165) is 0 Å². The zero-order chi connectivity index (χ0) is 16.2. The molecule has 0 fully saturated rings. The number of para-hydroxylation sites is 1. The maximum atomic E-state index is 12.1. The van der Waals surface area contributed by atoms with Crippen LogP contribution >= 0.6 is 0 Å². The third-order valence-corrected chi connectivity index (χ3v) is 3.89. The summed E-state index contributed by atoms with van der Waals surface area (Å²) in [5, 5.41) is 8.81. The minimum Gasteiger partial charge on any atom is -0.381 e. The summed E-state index contributed by atoms with van der Waals surface area (Å²) in [6.07, 6.45) is 0. The van der Waals surface area contributed by atoms with Crippen LogP contribution < -0.4 is 9.92 Å². The van der Waals surface area contributed by atoms with Crippen molar-refractivity contribution in [1.82, 2.24) is 0 Å². The van der Waals surface area contributed by atoms with Gasteiger partial charge in [0.1, 0.15) is 5.75 Å². The van der Waals surface area contributed by atoms with Crippen LogP contribution in [-0.2, 0) is 15.9 Å². The quantitative estimate of drug-likeness (QED) is 0.842. The van der Waals surface area contributed by atoms with E-state index in [1.165, 1.54) is 24.3 Å². The highest BCUT2D eigenvalue weighted by Crippen LogP contribution is 2.21. The van der Waals surface area contributed by atoms with Gasteiger partial charge in [-0.1, -0.05) is 24.3 Å². The van der Waals surface area contributed by atoms with Gasteiger partial charge in [0, 0.05) is 0 Å². The van der Waals surface area contributed by atoms with Crippen LogP contribution in [0.15, 0.2) is 48.5 Å². The van der Waals surface area contributed by atoms with Gasteiger partial charge in [-0.05, 0) is 29.8 Å². The first kappa shape index (κ1) is 15.5. The molecule has 1 amide bonds. The number of benzene rings is 2. The molecule has 2 rings (SSSR count). The van der Waals surface area contributed by atoms with E-state index in [4.69, 9.17) is 15.2 Å². The largest absolute Gasteiger partial charge is 0.381 e. The molecule has 0 saturated heterocycles. The van der Waals surface area contributed by atoms with Crippen molar-refractivity contribution in [3.63, 3.8) is 0 Å². The fourth-order valence-corrected chi connectivity index (χ4v) is 2.91. The predicted octanol–water partition coefficient (Wildman–Crippen LogP) is 1.57. The topological polar surface area (TPSA) is 110 Å². The van der Waals surface area contributed by atoms with Gasteiger partial charge in [0.25, 0.3) is 5.91 Å². The molecule has 0 aromatic heterocycles. The summed E-state index contributed by atoms with van der Waals surface area (Å²) in [4.78, 5) is 11.3. The number of hydrogen-bond acceptors (Lipinski definition) is 5. The number of nitriles is 1. The number of carbonyl (C=O) groups is 1. The summed E-state index contributed by atoms with van der Waals surface area (Å²) in [6, 6.07) is 13.9. The monoisotopic (exact) mass is 316 g/mol. The summed E-state index contributed by atoms with van der Waals surface area (Å²) >= 11 is 0. The van der Waals surface area contributed by atoms with Crippen molar-refractivity contribution in [2.24, 2.45) is 5.73 Å². The van der Waals surface area contributed by atoms with Gasteiger partial charge >= 0.3 is 10.1 Å². The number of nitrogens with zero attached hydrogens (tertiary/aromatic N) is 1. The maximum absolute atomic E-state index is 12.1. The molecule has 0 spiro atoms. The highest BCUT2D eigenvalue weighted by Gasteiger charge is 2.18. The van der Waals surface area contributed by atoms with E-state index in [-0.39, 0.29) is 11.3 Å². The van der Waals surface area contributed by atoms with Gasteiger partial charge in [0.05, 0.1) is 17.2 Å². The number of hydrogen-bond donors (Lipinski definition) is 1. The Balaban J connectivity index is 2.25. The van der Waals surface area contributed by atoms with Crippen LogP contribution in [-0.4, -0.2) is 14.3 Å². The molecule has 0 atom stereocenters. The Morgan fingerprint density at radius 2 is 1.91 bits per heavy atom. The number of rotatable bonds is 5. The summed E-state index contributed by atoms with van der Waals surface area (Å²) < 4.78 is 29.1.